The lowest BCUT2D eigenvalue weighted by Gasteiger charge is -2.18. The van der Waals surface area contributed by atoms with E-state index in [9.17, 15) is 9.59 Å². The summed E-state index contributed by atoms with van der Waals surface area (Å²) < 4.78 is 43.0. The first kappa shape index (κ1) is 30.9. The number of nitrogens with zero attached hydrogens (tertiary/aromatic N) is 3. The van der Waals surface area contributed by atoms with Crippen LogP contribution in [0.3, 0.4) is 0 Å². The largest absolute Gasteiger partial charge is 0.497 e. The van der Waals surface area contributed by atoms with Crippen LogP contribution in [-0.4, -0.2) is 35.3 Å². The summed E-state index contributed by atoms with van der Waals surface area (Å²) in [6, 6.07) is 27.5. The van der Waals surface area contributed by atoms with Crippen LogP contribution < -0.4 is 20.7 Å². The van der Waals surface area contributed by atoms with Gasteiger partial charge in [-0.05, 0) is 84.4 Å². The van der Waals surface area contributed by atoms with Crippen molar-refractivity contribution in [1.82, 2.24) is 14.0 Å². The molecule has 0 fully saturated rings. The third-order valence-electron chi connectivity index (χ3n) is 7.86. The predicted molar refractivity (Wildman–Crippen MR) is 177 cm³/mol. The molecule has 10 heteroatoms. The Labute approximate surface area is 268 Å². The highest BCUT2D eigenvalue weighted by Gasteiger charge is 2.25. The Hall–Kier alpha value is -5.06. The molecule has 0 aliphatic rings. The van der Waals surface area contributed by atoms with E-state index in [1.54, 1.807) is 31.4 Å². The Morgan fingerprint density at radius 1 is 0.739 bits per heavy atom. The zero-order chi connectivity index (χ0) is 32.4. The number of ether oxygens (including phenoxy) is 2. The summed E-state index contributed by atoms with van der Waals surface area (Å²) >= 11 is 1.25. The van der Waals surface area contributed by atoms with E-state index >= 15 is 8.78 Å². The van der Waals surface area contributed by atoms with Crippen molar-refractivity contribution in [2.75, 3.05) is 21.3 Å². The van der Waals surface area contributed by atoms with Gasteiger partial charge in [0.05, 0.1) is 31.8 Å². The number of thiophene rings is 1. The van der Waals surface area contributed by atoms with Crippen LogP contribution in [0.2, 0.25) is 0 Å². The molecule has 234 valence electrons. The lowest BCUT2D eigenvalue weighted by Crippen LogP contribution is -2.39. The molecule has 46 heavy (non-hydrogen) atoms. The van der Waals surface area contributed by atoms with Crippen LogP contribution in [0.15, 0.2) is 107 Å². The molecule has 0 bridgehead atoms. The third kappa shape index (κ3) is 5.96. The molecule has 2 aromatic heterocycles. The van der Waals surface area contributed by atoms with Gasteiger partial charge in [0, 0.05) is 23.5 Å². The fourth-order valence-electron chi connectivity index (χ4n) is 5.56. The maximum Gasteiger partial charge on any atom is 0.337 e. The second kappa shape index (κ2) is 13.1. The molecule has 0 radical (unpaired) electrons. The third-order valence-corrected chi connectivity index (χ3v) is 9.16. The van der Waals surface area contributed by atoms with Gasteiger partial charge in [0.2, 0.25) is 0 Å². The molecule has 0 unspecified atom stereocenters. The molecule has 6 rings (SSSR count). The second-order valence-electron chi connectivity index (χ2n) is 10.9. The summed E-state index contributed by atoms with van der Waals surface area (Å²) in [6.45, 7) is 0.555. The van der Waals surface area contributed by atoms with Gasteiger partial charge in [-0.15, -0.1) is 11.3 Å². The van der Waals surface area contributed by atoms with Gasteiger partial charge in [0.1, 0.15) is 28.0 Å². The number of hydrogen-bond acceptors (Lipinski definition) is 6. The fourth-order valence-corrected chi connectivity index (χ4v) is 6.86. The number of fused-ring (bicyclic) bond motifs is 1. The van der Waals surface area contributed by atoms with Crippen LogP contribution in [0, 0.1) is 11.6 Å². The van der Waals surface area contributed by atoms with Gasteiger partial charge in [0.15, 0.2) is 0 Å². The van der Waals surface area contributed by atoms with E-state index < -0.39 is 29.4 Å². The predicted octanol–water partition coefficient (Wildman–Crippen LogP) is 6.86. The SMILES string of the molecule is COc1ccc(-c2sc3c(c2CN(C)Cc2ccccc2)c(=O)n(-c2ccc(OC)cc2)c(=O)n3Cc2c(F)cccc2F)cc1. The molecular formula is C36H31F2N3O4S. The van der Waals surface area contributed by atoms with Crippen LogP contribution >= 0.6 is 11.3 Å². The fraction of sp³-hybridized carbons (Fsp3) is 0.167. The molecule has 6 aromatic rings. The maximum absolute atomic E-state index is 15.0. The molecule has 0 amide bonds. The molecule has 0 N–H and O–H groups in total. The van der Waals surface area contributed by atoms with Crippen molar-refractivity contribution in [2.24, 2.45) is 0 Å². The summed E-state index contributed by atoms with van der Waals surface area (Å²) in [5, 5.41) is 0.308. The Kier molecular flexibility index (Phi) is 8.83. The van der Waals surface area contributed by atoms with Crippen molar-refractivity contribution < 1.29 is 18.3 Å². The summed E-state index contributed by atoms with van der Waals surface area (Å²) in [5.41, 5.74) is 1.43. The van der Waals surface area contributed by atoms with E-state index in [0.717, 1.165) is 32.7 Å². The van der Waals surface area contributed by atoms with E-state index in [1.807, 2.05) is 61.6 Å². The van der Waals surface area contributed by atoms with Gasteiger partial charge in [-0.2, -0.15) is 0 Å². The van der Waals surface area contributed by atoms with Crippen molar-refractivity contribution in [3.8, 4) is 27.6 Å². The van der Waals surface area contributed by atoms with Crippen LogP contribution in [-0.2, 0) is 19.6 Å². The number of benzene rings is 4. The highest BCUT2D eigenvalue weighted by molar-refractivity contribution is 7.22. The molecular weight excluding hydrogens is 608 g/mol. The molecule has 7 nitrogen and oxygen atoms in total. The van der Waals surface area contributed by atoms with Crippen molar-refractivity contribution in [3.63, 3.8) is 0 Å². The van der Waals surface area contributed by atoms with Crippen LogP contribution in [0.4, 0.5) is 8.78 Å². The molecule has 0 saturated heterocycles. The van der Waals surface area contributed by atoms with Gasteiger partial charge < -0.3 is 9.47 Å². The number of hydrogen-bond donors (Lipinski definition) is 0. The van der Waals surface area contributed by atoms with Crippen molar-refractivity contribution >= 4 is 21.6 Å². The van der Waals surface area contributed by atoms with Gasteiger partial charge in [-0.1, -0.05) is 36.4 Å². The normalized spacial score (nSPS) is 11.3. The molecule has 0 aliphatic carbocycles. The smallest absolute Gasteiger partial charge is 0.337 e. The molecule has 2 heterocycles. The Morgan fingerprint density at radius 3 is 1.96 bits per heavy atom. The van der Waals surface area contributed by atoms with E-state index in [2.05, 4.69) is 4.90 Å². The quantitative estimate of drug-likeness (QED) is 0.164. The Bertz CT molecular complexity index is 2100. The van der Waals surface area contributed by atoms with Crippen LogP contribution in [0.25, 0.3) is 26.3 Å². The minimum atomic E-state index is -0.781. The molecule has 0 spiro atoms. The van der Waals surface area contributed by atoms with Crippen LogP contribution in [0.5, 0.6) is 11.5 Å². The first-order valence-corrected chi connectivity index (χ1v) is 15.4. The van der Waals surface area contributed by atoms with Gasteiger partial charge in [0.25, 0.3) is 5.56 Å². The van der Waals surface area contributed by atoms with Gasteiger partial charge in [-0.25, -0.2) is 18.1 Å². The van der Waals surface area contributed by atoms with E-state index in [0.29, 0.717) is 46.1 Å². The highest BCUT2D eigenvalue weighted by Crippen LogP contribution is 2.39. The topological polar surface area (TPSA) is 65.7 Å². The number of methoxy groups -OCH3 is 2. The number of halogens is 2. The van der Waals surface area contributed by atoms with E-state index in [-0.39, 0.29) is 5.56 Å². The summed E-state index contributed by atoms with van der Waals surface area (Å²) in [5.74, 6) is -0.345. The lowest BCUT2D eigenvalue weighted by atomic mass is 10.1. The standard InChI is InChI=1S/C36H31F2N3O4S/c1-39(20-23-8-5-4-6-9-23)21-29-32-34(42)41(25-14-18-27(45-3)19-15-25)36(43)40(22-28-30(37)10-7-11-31(28)38)35(32)46-33(29)24-12-16-26(44-2)17-13-24/h4-19H,20-22H2,1-3H3. The maximum atomic E-state index is 15.0. The average Bonchev–Trinajstić information content (AvgIpc) is 3.44. The van der Waals surface area contributed by atoms with Gasteiger partial charge in [-0.3, -0.25) is 14.3 Å². The number of aromatic nitrogens is 2. The van der Waals surface area contributed by atoms with Crippen molar-refractivity contribution in [2.45, 2.75) is 19.6 Å². The average molecular weight is 640 g/mol. The van der Waals surface area contributed by atoms with Crippen molar-refractivity contribution in [3.05, 3.63) is 146 Å². The molecule has 0 atom stereocenters. The lowest BCUT2D eigenvalue weighted by molar-refractivity contribution is 0.321. The highest BCUT2D eigenvalue weighted by atomic mass is 32.1. The van der Waals surface area contributed by atoms with Crippen LogP contribution in [0.1, 0.15) is 16.7 Å². The monoisotopic (exact) mass is 639 g/mol. The summed E-state index contributed by atoms with van der Waals surface area (Å²) in [6.07, 6.45) is 0. The van der Waals surface area contributed by atoms with Crippen molar-refractivity contribution in [1.29, 1.82) is 0 Å². The summed E-state index contributed by atoms with van der Waals surface area (Å²) in [7, 11) is 5.06. The van der Waals surface area contributed by atoms with E-state index in [1.165, 1.54) is 29.1 Å². The number of rotatable bonds is 10. The second-order valence-corrected chi connectivity index (χ2v) is 11.9. The molecule has 0 saturated carbocycles. The Balaban J connectivity index is 1.64. The molecule has 0 aliphatic heterocycles. The minimum Gasteiger partial charge on any atom is -0.497 e. The molecule has 4 aromatic carbocycles. The van der Waals surface area contributed by atoms with E-state index in [4.69, 9.17) is 9.47 Å². The van der Waals surface area contributed by atoms with Gasteiger partial charge >= 0.3 is 5.69 Å². The first-order valence-electron chi connectivity index (χ1n) is 14.5. The zero-order valence-corrected chi connectivity index (χ0v) is 26.3. The first-order chi connectivity index (χ1) is 22.3. The summed E-state index contributed by atoms with van der Waals surface area (Å²) in [4.78, 5) is 31.9. The minimum absolute atomic E-state index is 0.270. The zero-order valence-electron chi connectivity index (χ0n) is 25.5. The Morgan fingerprint density at radius 2 is 1.35 bits per heavy atom.